The van der Waals surface area contributed by atoms with Gasteiger partial charge in [0.15, 0.2) is 0 Å². The third kappa shape index (κ3) is 10.8. The van der Waals surface area contributed by atoms with E-state index >= 15 is 0 Å². The number of methoxy groups -OCH3 is 1. The Hall–Kier alpha value is 0.366. The van der Waals surface area contributed by atoms with Crippen LogP contribution in [0.1, 0.15) is 92.9 Å². The van der Waals surface area contributed by atoms with Crippen molar-refractivity contribution in [3.05, 3.63) is 0 Å². The number of rotatable bonds is 17. The van der Waals surface area contributed by atoms with Gasteiger partial charge in [-0.05, 0) is 0 Å². The van der Waals surface area contributed by atoms with Crippen LogP contribution in [0.5, 0.6) is 0 Å². The van der Waals surface area contributed by atoms with Crippen molar-refractivity contribution in [1.82, 2.24) is 0 Å². The summed E-state index contributed by atoms with van der Waals surface area (Å²) in [5.41, 5.74) is 0. The van der Waals surface area contributed by atoms with Crippen molar-refractivity contribution in [1.29, 1.82) is 0 Å². The quantitative estimate of drug-likeness (QED) is 0.124. The SMILES string of the molecule is CCC[CH2][Sn]([CH2]CCC)([CH2]CCC)[CH2]CC(=O)O[C@H]1C[C@H](OC)O[C@@H]1CO[Si](C)(C)C(C)(C)C. The third-order valence-electron chi connectivity index (χ3n) is 8.17. The van der Waals surface area contributed by atoms with Crippen LogP contribution in [0.3, 0.4) is 0 Å². The maximum atomic E-state index is 13.1. The molecule has 1 aliphatic rings. The fourth-order valence-electron chi connectivity index (χ4n) is 4.61. The van der Waals surface area contributed by atoms with Gasteiger partial charge in [0.05, 0.1) is 0 Å². The molecule has 0 aromatic rings. The topological polar surface area (TPSA) is 54.0 Å². The normalized spacial score (nSPS) is 21.7. The molecule has 0 aromatic carbocycles. The van der Waals surface area contributed by atoms with E-state index in [0.717, 1.165) is 4.44 Å². The molecule has 0 spiro atoms. The van der Waals surface area contributed by atoms with Crippen molar-refractivity contribution in [3.8, 4) is 0 Å². The molecule has 1 aliphatic heterocycles. The molecule has 1 heterocycles. The summed E-state index contributed by atoms with van der Waals surface area (Å²) in [5, 5.41) is 0.129. The standard InChI is InChI=1S/C15H29O5Si.3C4H9.Sn/c1-8-13(16)19-11-9-14(17-5)20-12(11)10-18-21(6,7)15(2,3)4;3*1-3-4-2;/h11-12,14H,1,8-10H2,2-7H3;3*1,3-4H2,2H3;/t11-,12+,14+;;;;/m0..../s1. The van der Waals surface area contributed by atoms with E-state index in [2.05, 4.69) is 54.6 Å². The summed E-state index contributed by atoms with van der Waals surface area (Å²) >= 11 is -2.33. The summed E-state index contributed by atoms with van der Waals surface area (Å²) in [6.07, 6.45) is 8.07. The number of esters is 1. The molecule has 202 valence electrons. The van der Waals surface area contributed by atoms with Crippen molar-refractivity contribution in [2.75, 3.05) is 13.7 Å². The number of hydrogen-bond acceptors (Lipinski definition) is 5. The summed E-state index contributed by atoms with van der Waals surface area (Å²) in [7, 11) is -0.254. The molecule has 1 rings (SSSR count). The second-order valence-corrected chi connectivity index (χ2v) is 31.1. The molecule has 34 heavy (non-hydrogen) atoms. The Labute approximate surface area is 216 Å². The third-order valence-corrected chi connectivity index (χ3v) is 28.5. The zero-order valence-electron chi connectivity index (χ0n) is 24.0. The van der Waals surface area contributed by atoms with E-state index < -0.39 is 26.7 Å². The molecule has 0 aromatic heterocycles. The molecule has 0 bridgehead atoms. The molecule has 0 saturated carbocycles. The molecular formula is C27H56O5SiSn. The van der Waals surface area contributed by atoms with Crippen LogP contribution in [0.15, 0.2) is 0 Å². The van der Waals surface area contributed by atoms with Gasteiger partial charge in [0, 0.05) is 0 Å². The summed E-state index contributed by atoms with van der Waals surface area (Å²) in [6.45, 7) is 18.5. The minimum absolute atomic E-state index is 0.0479. The molecule has 0 radical (unpaired) electrons. The Bertz CT molecular complexity index is 556. The van der Waals surface area contributed by atoms with Crippen LogP contribution in [-0.4, -0.2) is 64.9 Å². The van der Waals surface area contributed by atoms with E-state index in [-0.39, 0.29) is 29.5 Å². The van der Waals surface area contributed by atoms with Crippen LogP contribution in [0, 0.1) is 0 Å². The zero-order chi connectivity index (χ0) is 25.8. The van der Waals surface area contributed by atoms with Crippen LogP contribution in [0.2, 0.25) is 35.9 Å². The molecule has 0 unspecified atom stereocenters. The number of carbonyl (C=O) groups is 1. The van der Waals surface area contributed by atoms with E-state index in [1.165, 1.54) is 51.8 Å². The van der Waals surface area contributed by atoms with Gasteiger partial charge in [-0.3, -0.25) is 0 Å². The van der Waals surface area contributed by atoms with Crippen molar-refractivity contribution in [3.63, 3.8) is 0 Å². The molecule has 0 N–H and O–H groups in total. The fraction of sp³-hybridized carbons (Fsp3) is 0.963. The first kappa shape index (κ1) is 32.4. The van der Waals surface area contributed by atoms with Crippen LogP contribution >= 0.6 is 0 Å². The van der Waals surface area contributed by atoms with Gasteiger partial charge >= 0.3 is 217 Å². The average molecular weight is 608 g/mol. The summed E-state index contributed by atoms with van der Waals surface area (Å²) in [4.78, 5) is 13.1. The van der Waals surface area contributed by atoms with E-state index in [4.69, 9.17) is 18.6 Å². The molecule has 0 amide bonds. The van der Waals surface area contributed by atoms with Gasteiger partial charge in [-0.2, -0.15) is 0 Å². The first-order valence-corrected chi connectivity index (χ1v) is 24.9. The molecular weight excluding hydrogens is 551 g/mol. The van der Waals surface area contributed by atoms with Crippen LogP contribution in [-0.2, 0) is 23.4 Å². The fourth-order valence-corrected chi connectivity index (χ4v) is 21.4. The van der Waals surface area contributed by atoms with Crippen molar-refractivity contribution in [2.24, 2.45) is 0 Å². The van der Waals surface area contributed by atoms with Gasteiger partial charge in [-0.15, -0.1) is 0 Å². The summed E-state index contributed by atoms with van der Waals surface area (Å²) < 4.78 is 29.4. The first-order chi connectivity index (χ1) is 15.9. The van der Waals surface area contributed by atoms with Gasteiger partial charge in [0.1, 0.15) is 0 Å². The molecule has 0 aliphatic carbocycles. The van der Waals surface area contributed by atoms with Crippen molar-refractivity contribution < 1.29 is 23.4 Å². The second-order valence-electron chi connectivity index (χ2n) is 12.0. The van der Waals surface area contributed by atoms with Gasteiger partial charge in [0.25, 0.3) is 0 Å². The second kappa shape index (κ2) is 15.6. The predicted molar refractivity (Wildman–Crippen MR) is 148 cm³/mol. The minimum atomic E-state index is -2.33. The number of hydrogen-bond donors (Lipinski definition) is 0. The summed E-state index contributed by atoms with van der Waals surface area (Å²) in [6, 6.07) is 0. The molecule has 5 nitrogen and oxygen atoms in total. The van der Waals surface area contributed by atoms with Gasteiger partial charge in [-0.25, -0.2) is 0 Å². The zero-order valence-corrected chi connectivity index (χ0v) is 27.8. The van der Waals surface area contributed by atoms with Crippen LogP contribution in [0.25, 0.3) is 0 Å². The molecule has 1 fully saturated rings. The maximum absolute atomic E-state index is 13.1. The van der Waals surface area contributed by atoms with E-state index in [0.29, 0.717) is 19.4 Å². The Morgan fingerprint density at radius 1 is 0.971 bits per heavy atom. The Morgan fingerprint density at radius 2 is 1.50 bits per heavy atom. The molecule has 3 atom stereocenters. The van der Waals surface area contributed by atoms with E-state index in [1.54, 1.807) is 7.11 Å². The van der Waals surface area contributed by atoms with E-state index in [1.807, 2.05) is 0 Å². The van der Waals surface area contributed by atoms with Crippen molar-refractivity contribution in [2.45, 2.75) is 147 Å². The number of ether oxygens (including phenoxy) is 3. The first-order valence-electron chi connectivity index (χ1n) is 13.9. The molecule has 7 heteroatoms. The Morgan fingerprint density at radius 3 is 1.94 bits per heavy atom. The van der Waals surface area contributed by atoms with Gasteiger partial charge in [-0.1, -0.05) is 0 Å². The van der Waals surface area contributed by atoms with Crippen LogP contribution < -0.4 is 0 Å². The predicted octanol–water partition coefficient (Wildman–Crippen LogP) is 7.92. The van der Waals surface area contributed by atoms with Crippen molar-refractivity contribution >= 4 is 32.7 Å². The van der Waals surface area contributed by atoms with E-state index in [9.17, 15) is 4.79 Å². The van der Waals surface area contributed by atoms with Gasteiger partial charge < -0.3 is 0 Å². The average Bonchev–Trinajstić information content (AvgIpc) is 3.17. The molecule has 1 saturated heterocycles. The monoisotopic (exact) mass is 608 g/mol. The Kier molecular flexibility index (Phi) is 14.8. The van der Waals surface area contributed by atoms with Gasteiger partial charge in [0.2, 0.25) is 0 Å². The number of carbonyl (C=O) groups excluding carboxylic acids is 1. The van der Waals surface area contributed by atoms with Crippen LogP contribution in [0.4, 0.5) is 0 Å². The summed E-state index contributed by atoms with van der Waals surface area (Å²) in [5.74, 6) is -0.0479. The number of unbranched alkanes of at least 4 members (excludes halogenated alkanes) is 3. The Balaban J connectivity index is 2.78.